The number of ketones is 1. The van der Waals surface area contributed by atoms with Crippen molar-refractivity contribution in [2.45, 2.75) is 18.5 Å². The van der Waals surface area contributed by atoms with Gasteiger partial charge in [-0.05, 0) is 35.9 Å². The van der Waals surface area contributed by atoms with Gasteiger partial charge in [-0.3, -0.25) is 9.69 Å². The molecular formula is C21H15F6NO4. The SMILES string of the molecule is O=C(/C=C/c1ccc(OC(F)(F)C(F)C(F)(F)F)cc1)c1cccc(N2CCOC2=O)c1. The number of rotatable bonds is 7. The number of carbonyl (C=O) groups is 2. The molecule has 1 aliphatic rings. The molecule has 170 valence electrons. The molecule has 1 unspecified atom stereocenters. The summed E-state index contributed by atoms with van der Waals surface area (Å²) in [6, 6.07) is 10.5. The number of anilines is 1. The van der Waals surface area contributed by atoms with Gasteiger partial charge >= 0.3 is 18.4 Å². The molecule has 0 spiro atoms. The molecule has 0 N–H and O–H groups in total. The van der Waals surface area contributed by atoms with Crippen LogP contribution in [0, 0.1) is 0 Å². The van der Waals surface area contributed by atoms with Gasteiger partial charge in [0.25, 0.3) is 6.17 Å². The third-order valence-corrected chi connectivity index (χ3v) is 4.35. The van der Waals surface area contributed by atoms with Crippen LogP contribution in [0.2, 0.25) is 0 Å². The van der Waals surface area contributed by atoms with Gasteiger partial charge in [0.2, 0.25) is 0 Å². The number of nitrogens with zero attached hydrogens (tertiary/aromatic N) is 1. The predicted octanol–water partition coefficient (Wildman–Crippen LogP) is 5.41. The summed E-state index contributed by atoms with van der Waals surface area (Å²) in [7, 11) is 0. The number of ether oxygens (including phenoxy) is 2. The van der Waals surface area contributed by atoms with E-state index in [9.17, 15) is 35.9 Å². The normalized spacial score (nSPS) is 15.7. The first kappa shape index (κ1) is 23.2. The van der Waals surface area contributed by atoms with E-state index in [-0.39, 0.29) is 12.2 Å². The molecule has 1 amide bonds. The number of carbonyl (C=O) groups excluding carboxylic acids is 2. The molecule has 2 aromatic rings. The largest absolute Gasteiger partial charge is 0.447 e. The van der Waals surface area contributed by atoms with E-state index in [4.69, 9.17) is 4.74 Å². The maximum Gasteiger partial charge on any atom is 0.439 e. The fourth-order valence-electron chi connectivity index (χ4n) is 2.77. The molecule has 3 rings (SSSR count). The van der Waals surface area contributed by atoms with Crippen molar-refractivity contribution in [3.05, 3.63) is 65.7 Å². The number of hydrogen-bond acceptors (Lipinski definition) is 4. The summed E-state index contributed by atoms with van der Waals surface area (Å²) in [5.74, 6) is -1.10. The second-order valence-corrected chi connectivity index (χ2v) is 6.65. The Hall–Kier alpha value is -3.50. The highest BCUT2D eigenvalue weighted by molar-refractivity contribution is 6.07. The topological polar surface area (TPSA) is 55.8 Å². The maximum atomic E-state index is 13.3. The number of alkyl halides is 6. The minimum atomic E-state index is -5.78. The third kappa shape index (κ3) is 5.40. The van der Waals surface area contributed by atoms with Crippen LogP contribution in [0.25, 0.3) is 6.08 Å². The van der Waals surface area contributed by atoms with E-state index in [2.05, 4.69) is 4.74 Å². The fraction of sp³-hybridized carbons (Fsp3) is 0.238. The van der Waals surface area contributed by atoms with E-state index < -0.39 is 36.1 Å². The number of halogens is 6. The Kier molecular flexibility index (Phi) is 6.47. The minimum absolute atomic E-state index is 0.241. The Balaban J connectivity index is 1.66. The van der Waals surface area contributed by atoms with Crippen LogP contribution in [0.3, 0.4) is 0 Å². The van der Waals surface area contributed by atoms with Crippen molar-refractivity contribution in [1.82, 2.24) is 0 Å². The molecule has 11 heteroatoms. The molecule has 1 aliphatic heterocycles. The van der Waals surface area contributed by atoms with Gasteiger partial charge in [-0.15, -0.1) is 0 Å². The minimum Gasteiger partial charge on any atom is -0.447 e. The zero-order valence-corrected chi connectivity index (χ0v) is 16.1. The summed E-state index contributed by atoms with van der Waals surface area (Å²) in [6.07, 6.45) is -13.4. The van der Waals surface area contributed by atoms with Gasteiger partial charge in [-0.2, -0.15) is 22.0 Å². The highest BCUT2D eigenvalue weighted by Crippen LogP contribution is 2.36. The Labute approximate surface area is 177 Å². The van der Waals surface area contributed by atoms with Gasteiger partial charge in [0, 0.05) is 11.3 Å². The molecule has 32 heavy (non-hydrogen) atoms. The van der Waals surface area contributed by atoms with Crippen LogP contribution in [0.4, 0.5) is 36.8 Å². The quantitative estimate of drug-likeness (QED) is 0.316. The molecule has 0 aromatic heterocycles. The zero-order chi connectivity index (χ0) is 23.5. The van der Waals surface area contributed by atoms with E-state index in [1.807, 2.05) is 0 Å². The number of hydrogen-bond donors (Lipinski definition) is 0. The lowest BCUT2D eigenvalue weighted by Crippen LogP contribution is -2.45. The van der Waals surface area contributed by atoms with Gasteiger partial charge < -0.3 is 9.47 Å². The molecule has 0 saturated carbocycles. The zero-order valence-electron chi connectivity index (χ0n) is 16.1. The van der Waals surface area contributed by atoms with Gasteiger partial charge in [0.1, 0.15) is 12.4 Å². The van der Waals surface area contributed by atoms with Crippen LogP contribution in [-0.4, -0.2) is 43.5 Å². The average molecular weight is 459 g/mol. The van der Waals surface area contributed by atoms with Crippen LogP contribution in [0.1, 0.15) is 15.9 Å². The van der Waals surface area contributed by atoms with Gasteiger partial charge in [0.05, 0.1) is 6.54 Å². The molecule has 1 saturated heterocycles. The van der Waals surface area contributed by atoms with Crippen LogP contribution >= 0.6 is 0 Å². The van der Waals surface area contributed by atoms with E-state index in [1.165, 1.54) is 41.3 Å². The van der Waals surface area contributed by atoms with Crippen molar-refractivity contribution >= 4 is 23.6 Å². The van der Waals surface area contributed by atoms with Crippen LogP contribution in [0.5, 0.6) is 5.75 Å². The standard InChI is InChI=1S/C21H15F6NO4/c22-18(20(23,24)25)21(26,27)32-16-7-4-13(5-8-16)6-9-17(29)14-2-1-3-15(12-14)28-10-11-31-19(28)30/h1-9,12,18H,10-11H2/b9-6+. The first-order valence-electron chi connectivity index (χ1n) is 9.12. The maximum absolute atomic E-state index is 13.3. The first-order chi connectivity index (χ1) is 15.0. The second kappa shape index (κ2) is 8.93. The molecule has 1 atom stereocenters. The fourth-order valence-corrected chi connectivity index (χ4v) is 2.77. The molecule has 5 nitrogen and oxygen atoms in total. The van der Waals surface area contributed by atoms with Crippen molar-refractivity contribution in [3.63, 3.8) is 0 Å². The lowest BCUT2D eigenvalue weighted by atomic mass is 10.1. The van der Waals surface area contributed by atoms with Gasteiger partial charge in [-0.1, -0.05) is 30.3 Å². The van der Waals surface area contributed by atoms with Crippen LogP contribution in [0.15, 0.2) is 54.6 Å². The van der Waals surface area contributed by atoms with Crippen molar-refractivity contribution in [3.8, 4) is 5.75 Å². The number of amides is 1. The van der Waals surface area contributed by atoms with Crippen molar-refractivity contribution in [2.24, 2.45) is 0 Å². The van der Waals surface area contributed by atoms with Crippen molar-refractivity contribution in [2.75, 3.05) is 18.1 Å². The predicted molar refractivity (Wildman–Crippen MR) is 101 cm³/mol. The smallest absolute Gasteiger partial charge is 0.439 e. The third-order valence-electron chi connectivity index (χ3n) is 4.35. The average Bonchev–Trinajstić information content (AvgIpc) is 3.17. The Morgan fingerprint density at radius 1 is 1.09 bits per heavy atom. The van der Waals surface area contributed by atoms with E-state index in [1.54, 1.807) is 12.1 Å². The lowest BCUT2D eigenvalue weighted by molar-refractivity contribution is -0.304. The first-order valence-corrected chi connectivity index (χ1v) is 9.12. The van der Waals surface area contributed by atoms with E-state index >= 15 is 0 Å². The molecule has 1 heterocycles. The number of cyclic esters (lactones) is 1. The van der Waals surface area contributed by atoms with Crippen LogP contribution < -0.4 is 9.64 Å². The monoisotopic (exact) mass is 459 g/mol. The number of benzene rings is 2. The van der Waals surface area contributed by atoms with Crippen molar-refractivity contribution < 1.29 is 45.4 Å². The Morgan fingerprint density at radius 2 is 1.78 bits per heavy atom. The number of allylic oxidation sites excluding steroid dienone is 1. The summed E-state index contributed by atoms with van der Waals surface area (Å²) in [6.45, 7) is 0.594. The van der Waals surface area contributed by atoms with Gasteiger partial charge in [0.15, 0.2) is 5.78 Å². The molecule has 0 aliphatic carbocycles. The van der Waals surface area contributed by atoms with E-state index in [0.29, 0.717) is 17.8 Å². The highest BCUT2D eigenvalue weighted by atomic mass is 19.4. The molecular weight excluding hydrogens is 444 g/mol. The second-order valence-electron chi connectivity index (χ2n) is 6.65. The molecule has 2 aromatic carbocycles. The Morgan fingerprint density at radius 3 is 2.38 bits per heavy atom. The van der Waals surface area contributed by atoms with Gasteiger partial charge in [-0.25, -0.2) is 9.18 Å². The molecule has 0 radical (unpaired) electrons. The molecule has 1 fully saturated rings. The highest BCUT2D eigenvalue weighted by Gasteiger charge is 2.59. The summed E-state index contributed by atoms with van der Waals surface area (Å²) >= 11 is 0. The Bertz CT molecular complexity index is 1020. The summed E-state index contributed by atoms with van der Waals surface area (Å²) < 4.78 is 84.7. The molecule has 0 bridgehead atoms. The van der Waals surface area contributed by atoms with Crippen LogP contribution in [-0.2, 0) is 4.74 Å². The van der Waals surface area contributed by atoms with Crippen molar-refractivity contribution in [1.29, 1.82) is 0 Å². The summed E-state index contributed by atoms with van der Waals surface area (Å²) in [4.78, 5) is 25.4. The van der Waals surface area contributed by atoms with E-state index in [0.717, 1.165) is 12.1 Å². The summed E-state index contributed by atoms with van der Waals surface area (Å²) in [5, 5.41) is 0. The summed E-state index contributed by atoms with van der Waals surface area (Å²) in [5.41, 5.74) is 1.11. The lowest BCUT2D eigenvalue weighted by Gasteiger charge is -2.23.